The van der Waals surface area contributed by atoms with Crippen molar-refractivity contribution < 1.29 is 4.92 Å². The summed E-state index contributed by atoms with van der Waals surface area (Å²) in [5.41, 5.74) is 0.779. The number of nitro benzene ring substituents is 1. The van der Waals surface area contributed by atoms with E-state index in [0.717, 1.165) is 5.69 Å². The van der Waals surface area contributed by atoms with Crippen LogP contribution in [0.25, 0.3) is 11.4 Å². The molecular formula is C16H12Cl3N7O2. The molecule has 0 bridgehead atoms. The molecule has 1 N–H and O–H groups in total. The molecular weight excluding hydrogens is 429 g/mol. The van der Waals surface area contributed by atoms with Crippen molar-refractivity contribution in [2.24, 2.45) is 0 Å². The molecule has 0 aliphatic carbocycles. The second kappa shape index (κ2) is 8.59. The molecule has 3 aromatic rings. The van der Waals surface area contributed by atoms with E-state index in [4.69, 9.17) is 34.8 Å². The van der Waals surface area contributed by atoms with Crippen LogP contribution in [0.5, 0.6) is 0 Å². The molecule has 2 heterocycles. The predicted molar refractivity (Wildman–Crippen MR) is 105 cm³/mol. The first-order valence-electron chi connectivity index (χ1n) is 7.90. The molecule has 0 saturated carbocycles. The fourth-order valence-corrected chi connectivity index (χ4v) is 2.54. The lowest BCUT2D eigenvalue weighted by Gasteiger charge is -2.13. The van der Waals surface area contributed by atoms with Crippen LogP contribution in [0.2, 0.25) is 0 Å². The largest absolute Gasteiger partial charge is 0.354 e. The summed E-state index contributed by atoms with van der Waals surface area (Å²) in [4.78, 5) is 31.4. The third kappa shape index (κ3) is 5.00. The maximum Gasteiger partial charge on any atom is 0.280 e. The topological polar surface area (TPSA) is 120 Å². The van der Waals surface area contributed by atoms with E-state index in [9.17, 15) is 10.1 Å². The number of halogens is 3. The zero-order chi connectivity index (χ0) is 20.1. The third-order valence-corrected chi connectivity index (χ3v) is 4.02. The van der Waals surface area contributed by atoms with Crippen molar-refractivity contribution in [3.63, 3.8) is 0 Å². The Kier molecular flexibility index (Phi) is 6.18. The van der Waals surface area contributed by atoms with Gasteiger partial charge in [0.05, 0.1) is 16.2 Å². The van der Waals surface area contributed by atoms with E-state index >= 15 is 0 Å². The number of benzene rings is 1. The second-order valence-electron chi connectivity index (χ2n) is 5.45. The SMILES string of the molecule is O=[N+]([O-])c1ccccc1-c1nc(NCCc2cnccn2)nc(C(Cl)(Cl)Cl)n1. The maximum absolute atomic E-state index is 11.3. The monoisotopic (exact) mass is 439 g/mol. The first-order valence-corrected chi connectivity index (χ1v) is 9.04. The average Bonchev–Trinajstić information content (AvgIpc) is 2.68. The standard InChI is InChI=1S/C16H12Cl3N7O2/c17-16(18,19)14-23-13(11-3-1-2-4-12(11)26(27)28)24-15(25-14)22-6-5-10-9-20-7-8-21-10/h1-4,7-9H,5-6H2,(H,22,23,24,25). The van der Waals surface area contributed by atoms with Crippen molar-refractivity contribution in [3.05, 3.63) is 64.5 Å². The number of hydrogen-bond donors (Lipinski definition) is 1. The Morgan fingerprint density at radius 2 is 1.89 bits per heavy atom. The first-order chi connectivity index (χ1) is 13.3. The summed E-state index contributed by atoms with van der Waals surface area (Å²) < 4.78 is -1.93. The minimum atomic E-state index is -1.93. The van der Waals surface area contributed by atoms with Gasteiger partial charge in [0.15, 0.2) is 11.6 Å². The minimum Gasteiger partial charge on any atom is -0.354 e. The second-order valence-corrected chi connectivity index (χ2v) is 7.73. The molecule has 0 spiro atoms. The van der Waals surface area contributed by atoms with Gasteiger partial charge >= 0.3 is 0 Å². The lowest BCUT2D eigenvalue weighted by molar-refractivity contribution is -0.384. The molecule has 1 aromatic carbocycles. The Morgan fingerprint density at radius 1 is 1.11 bits per heavy atom. The summed E-state index contributed by atoms with van der Waals surface area (Å²) in [6.07, 6.45) is 5.35. The van der Waals surface area contributed by atoms with E-state index < -0.39 is 8.72 Å². The van der Waals surface area contributed by atoms with Crippen molar-refractivity contribution in [1.82, 2.24) is 24.9 Å². The van der Waals surface area contributed by atoms with E-state index in [0.29, 0.717) is 13.0 Å². The number of para-hydroxylation sites is 1. The third-order valence-electron chi connectivity index (χ3n) is 3.51. The van der Waals surface area contributed by atoms with Gasteiger partial charge in [-0.1, -0.05) is 46.9 Å². The van der Waals surface area contributed by atoms with Gasteiger partial charge in [0, 0.05) is 37.6 Å². The van der Waals surface area contributed by atoms with Gasteiger partial charge in [-0.2, -0.15) is 9.97 Å². The van der Waals surface area contributed by atoms with E-state index in [1.165, 1.54) is 12.1 Å². The highest BCUT2D eigenvalue weighted by Crippen LogP contribution is 2.37. The molecule has 0 aliphatic heterocycles. The Labute approximate surface area is 174 Å². The van der Waals surface area contributed by atoms with E-state index in [1.54, 1.807) is 30.7 Å². The zero-order valence-electron chi connectivity index (χ0n) is 14.1. The number of alkyl halides is 3. The first kappa shape index (κ1) is 20.1. The van der Waals surface area contributed by atoms with Gasteiger partial charge in [-0.25, -0.2) is 4.98 Å². The summed E-state index contributed by atoms with van der Waals surface area (Å²) in [6, 6.07) is 6.02. The molecule has 9 nitrogen and oxygen atoms in total. The van der Waals surface area contributed by atoms with Crippen LogP contribution < -0.4 is 5.32 Å². The van der Waals surface area contributed by atoms with E-state index in [2.05, 4.69) is 30.2 Å². The molecule has 3 rings (SSSR count). The van der Waals surface area contributed by atoms with Crippen LogP contribution in [0.15, 0.2) is 42.9 Å². The Balaban J connectivity index is 1.93. The molecule has 28 heavy (non-hydrogen) atoms. The summed E-state index contributed by atoms with van der Waals surface area (Å²) in [5, 5.41) is 14.3. The summed E-state index contributed by atoms with van der Waals surface area (Å²) in [6.45, 7) is 0.415. The maximum atomic E-state index is 11.3. The lowest BCUT2D eigenvalue weighted by atomic mass is 10.1. The van der Waals surface area contributed by atoms with Crippen LogP contribution in [-0.2, 0) is 10.2 Å². The van der Waals surface area contributed by atoms with Crippen LogP contribution in [0.4, 0.5) is 11.6 Å². The molecule has 12 heteroatoms. The highest BCUT2D eigenvalue weighted by atomic mass is 35.6. The number of nitrogens with one attached hydrogen (secondary N) is 1. The molecule has 0 aliphatic rings. The van der Waals surface area contributed by atoms with Gasteiger partial charge in [0.25, 0.3) is 5.69 Å². The van der Waals surface area contributed by atoms with E-state index in [1.807, 2.05) is 0 Å². The van der Waals surface area contributed by atoms with Crippen LogP contribution in [-0.4, -0.2) is 36.4 Å². The molecule has 0 saturated heterocycles. The van der Waals surface area contributed by atoms with Crippen LogP contribution in [0.1, 0.15) is 11.5 Å². The molecule has 144 valence electrons. The highest BCUT2D eigenvalue weighted by molar-refractivity contribution is 6.66. The van der Waals surface area contributed by atoms with E-state index in [-0.39, 0.29) is 28.8 Å². The predicted octanol–water partition coefficient (Wildman–Crippen LogP) is 3.72. The Morgan fingerprint density at radius 3 is 2.57 bits per heavy atom. The van der Waals surface area contributed by atoms with Crippen molar-refractivity contribution in [2.75, 3.05) is 11.9 Å². The number of nitrogens with zero attached hydrogens (tertiary/aromatic N) is 6. The molecule has 0 atom stereocenters. The fourth-order valence-electron chi connectivity index (χ4n) is 2.29. The number of aromatic nitrogens is 5. The summed E-state index contributed by atoms with van der Waals surface area (Å²) in [7, 11) is 0. The highest BCUT2D eigenvalue weighted by Gasteiger charge is 2.29. The van der Waals surface area contributed by atoms with Gasteiger partial charge in [-0.15, -0.1) is 0 Å². The van der Waals surface area contributed by atoms with Crippen LogP contribution in [0.3, 0.4) is 0 Å². The van der Waals surface area contributed by atoms with Gasteiger partial charge in [-0.05, 0) is 6.07 Å². The Hall–Kier alpha value is -2.62. The fraction of sp³-hybridized carbons (Fsp3) is 0.188. The normalized spacial score (nSPS) is 11.2. The number of rotatable bonds is 6. The quantitative estimate of drug-likeness (QED) is 0.350. The summed E-state index contributed by atoms with van der Waals surface area (Å²) in [5.74, 6) is -0.0124. The van der Waals surface area contributed by atoms with Gasteiger partial charge in [-0.3, -0.25) is 20.1 Å². The number of nitro groups is 1. The van der Waals surface area contributed by atoms with Gasteiger partial charge in [0.2, 0.25) is 9.74 Å². The van der Waals surface area contributed by atoms with Gasteiger partial charge in [0.1, 0.15) is 0 Å². The number of anilines is 1. The van der Waals surface area contributed by atoms with Crippen molar-refractivity contribution in [1.29, 1.82) is 0 Å². The molecule has 0 radical (unpaired) electrons. The average molecular weight is 441 g/mol. The lowest BCUT2D eigenvalue weighted by Crippen LogP contribution is -2.15. The molecule has 0 unspecified atom stereocenters. The summed E-state index contributed by atoms with van der Waals surface area (Å²) >= 11 is 17.8. The van der Waals surface area contributed by atoms with Crippen molar-refractivity contribution in [2.45, 2.75) is 10.2 Å². The van der Waals surface area contributed by atoms with Crippen LogP contribution in [0, 0.1) is 10.1 Å². The molecule has 0 fully saturated rings. The molecule has 0 amide bonds. The van der Waals surface area contributed by atoms with Crippen molar-refractivity contribution in [3.8, 4) is 11.4 Å². The Bertz CT molecular complexity index is 983. The zero-order valence-corrected chi connectivity index (χ0v) is 16.4. The number of hydrogen-bond acceptors (Lipinski definition) is 8. The smallest absolute Gasteiger partial charge is 0.280 e. The van der Waals surface area contributed by atoms with Crippen LogP contribution >= 0.6 is 34.8 Å². The van der Waals surface area contributed by atoms with Gasteiger partial charge < -0.3 is 5.32 Å². The van der Waals surface area contributed by atoms with Crippen molar-refractivity contribution >= 4 is 46.4 Å². The minimum absolute atomic E-state index is 0.0191. The molecule has 2 aromatic heterocycles.